The zero-order valence-electron chi connectivity index (χ0n) is 15.0. The van der Waals surface area contributed by atoms with E-state index < -0.39 is 0 Å². The Labute approximate surface area is 162 Å². The summed E-state index contributed by atoms with van der Waals surface area (Å²) < 4.78 is 13.7. The van der Waals surface area contributed by atoms with Gasteiger partial charge >= 0.3 is 0 Å². The van der Waals surface area contributed by atoms with E-state index in [4.69, 9.17) is 0 Å². The standard InChI is InChI=1S/C23H17FN4/c24-20-14-8-7-13-19(20)16-25-28-23-26-21(17-9-3-1-4-10-17)15-22(27-23)18-11-5-2-6-12-18/h1-16H,(H,26,27,28). The average molecular weight is 368 g/mol. The molecule has 4 rings (SSSR count). The summed E-state index contributed by atoms with van der Waals surface area (Å²) in [5, 5.41) is 4.10. The van der Waals surface area contributed by atoms with Crippen LogP contribution in [0.4, 0.5) is 10.3 Å². The van der Waals surface area contributed by atoms with Crippen molar-refractivity contribution >= 4 is 12.2 Å². The summed E-state index contributed by atoms with van der Waals surface area (Å²) in [6.07, 6.45) is 1.41. The molecule has 4 aromatic rings. The summed E-state index contributed by atoms with van der Waals surface area (Å²) in [4.78, 5) is 9.11. The zero-order valence-corrected chi connectivity index (χ0v) is 15.0. The van der Waals surface area contributed by atoms with Gasteiger partial charge in [0.25, 0.3) is 0 Å². The molecule has 0 bridgehead atoms. The van der Waals surface area contributed by atoms with Crippen LogP contribution in [0.3, 0.4) is 0 Å². The van der Waals surface area contributed by atoms with Gasteiger partial charge in [-0.3, -0.25) is 0 Å². The largest absolute Gasteiger partial charge is 0.245 e. The zero-order chi connectivity index (χ0) is 19.2. The van der Waals surface area contributed by atoms with Crippen molar-refractivity contribution in [1.82, 2.24) is 9.97 Å². The molecule has 4 nitrogen and oxygen atoms in total. The maximum absolute atomic E-state index is 13.7. The normalized spacial score (nSPS) is 10.9. The highest BCUT2D eigenvalue weighted by Gasteiger charge is 2.08. The average Bonchev–Trinajstić information content (AvgIpc) is 2.76. The molecule has 1 aromatic heterocycles. The molecule has 0 aliphatic rings. The highest BCUT2D eigenvalue weighted by Crippen LogP contribution is 2.25. The van der Waals surface area contributed by atoms with Gasteiger partial charge in [0.15, 0.2) is 0 Å². The van der Waals surface area contributed by atoms with Crippen LogP contribution < -0.4 is 5.43 Å². The van der Waals surface area contributed by atoms with E-state index in [9.17, 15) is 4.39 Å². The molecule has 0 radical (unpaired) electrons. The lowest BCUT2D eigenvalue weighted by molar-refractivity contribution is 0.626. The van der Waals surface area contributed by atoms with E-state index in [1.54, 1.807) is 18.2 Å². The number of aromatic nitrogens is 2. The smallest absolute Gasteiger partial charge is 0.244 e. The number of rotatable bonds is 5. The van der Waals surface area contributed by atoms with Crippen LogP contribution in [0.2, 0.25) is 0 Å². The summed E-state index contributed by atoms with van der Waals surface area (Å²) in [5.74, 6) is 0.00442. The molecule has 5 heteroatoms. The molecule has 0 saturated heterocycles. The Morgan fingerprint density at radius 1 is 0.714 bits per heavy atom. The van der Waals surface area contributed by atoms with Crippen LogP contribution in [-0.4, -0.2) is 16.2 Å². The molecule has 3 aromatic carbocycles. The van der Waals surface area contributed by atoms with Gasteiger partial charge in [-0.2, -0.15) is 5.10 Å². The van der Waals surface area contributed by atoms with Gasteiger partial charge < -0.3 is 0 Å². The lowest BCUT2D eigenvalue weighted by Gasteiger charge is -2.08. The Morgan fingerprint density at radius 3 is 1.82 bits per heavy atom. The third-order valence-corrected chi connectivity index (χ3v) is 4.14. The fourth-order valence-corrected chi connectivity index (χ4v) is 2.75. The van der Waals surface area contributed by atoms with Gasteiger partial charge in [0.2, 0.25) is 5.95 Å². The third-order valence-electron chi connectivity index (χ3n) is 4.14. The van der Waals surface area contributed by atoms with Gasteiger partial charge in [-0.15, -0.1) is 0 Å². The van der Waals surface area contributed by atoms with E-state index in [0.717, 1.165) is 22.5 Å². The Morgan fingerprint density at radius 2 is 1.25 bits per heavy atom. The molecule has 1 N–H and O–H groups in total. The van der Waals surface area contributed by atoms with Crippen molar-refractivity contribution < 1.29 is 4.39 Å². The molecule has 0 fully saturated rings. The highest BCUT2D eigenvalue weighted by molar-refractivity contribution is 5.80. The van der Waals surface area contributed by atoms with Crippen LogP contribution in [0.15, 0.2) is 96.1 Å². The minimum atomic E-state index is -0.336. The number of nitrogens with one attached hydrogen (secondary N) is 1. The van der Waals surface area contributed by atoms with E-state index in [0.29, 0.717) is 11.5 Å². The Kier molecular flexibility index (Phi) is 5.15. The molecule has 0 atom stereocenters. The van der Waals surface area contributed by atoms with Crippen molar-refractivity contribution in [3.05, 3.63) is 102 Å². The number of nitrogens with zero attached hydrogens (tertiary/aromatic N) is 3. The van der Waals surface area contributed by atoms with Crippen LogP contribution in [0.25, 0.3) is 22.5 Å². The predicted molar refractivity (Wildman–Crippen MR) is 111 cm³/mol. The lowest BCUT2D eigenvalue weighted by Crippen LogP contribution is -2.00. The first-order chi connectivity index (χ1) is 13.8. The molecule has 28 heavy (non-hydrogen) atoms. The van der Waals surface area contributed by atoms with E-state index in [2.05, 4.69) is 20.5 Å². The maximum atomic E-state index is 13.7. The maximum Gasteiger partial charge on any atom is 0.244 e. The second-order valence-electron chi connectivity index (χ2n) is 6.09. The summed E-state index contributed by atoms with van der Waals surface area (Å²) in [6, 6.07) is 28.1. The SMILES string of the molecule is Fc1ccccc1C=NNc1nc(-c2ccccc2)cc(-c2ccccc2)n1. The number of hydrogen-bond acceptors (Lipinski definition) is 4. The van der Waals surface area contributed by atoms with Crippen LogP contribution in [-0.2, 0) is 0 Å². The number of hydrazone groups is 1. The van der Waals surface area contributed by atoms with E-state index >= 15 is 0 Å². The van der Waals surface area contributed by atoms with Crippen molar-refractivity contribution in [3.8, 4) is 22.5 Å². The second-order valence-corrected chi connectivity index (χ2v) is 6.09. The highest BCUT2D eigenvalue weighted by atomic mass is 19.1. The van der Waals surface area contributed by atoms with Gasteiger partial charge in [0, 0.05) is 16.7 Å². The minimum absolute atomic E-state index is 0.336. The first kappa shape index (κ1) is 17.5. The number of benzene rings is 3. The molecular weight excluding hydrogens is 351 g/mol. The van der Waals surface area contributed by atoms with Crippen molar-refractivity contribution in [1.29, 1.82) is 0 Å². The summed E-state index contributed by atoms with van der Waals surface area (Å²) in [5.41, 5.74) is 6.71. The van der Waals surface area contributed by atoms with Gasteiger partial charge in [-0.05, 0) is 12.1 Å². The van der Waals surface area contributed by atoms with Crippen molar-refractivity contribution in [2.75, 3.05) is 5.43 Å². The van der Waals surface area contributed by atoms with Crippen LogP contribution in [0, 0.1) is 5.82 Å². The van der Waals surface area contributed by atoms with Crippen molar-refractivity contribution in [3.63, 3.8) is 0 Å². The quantitative estimate of drug-likeness (QED) is 0.379. The molecule has 0 aliphatic carbocycles. The van der Waals surface area contributed by atoms with E-state index in [1.807, 2.05) is 66.7 Å². The van der Waals surface area contributed by atoms with Gasteiger partial charge in [-0.1, -0.05) is 78.9 Å². The second kappa shape index (κ2) is 8.22. The number of hydrogen-bond donors (Lipinski definition) is 1. The first-order valence-electron chi connectivity index (χ1n) is 8.83. The molecule has 0 aliphatic heterocycles. The lowest BCUT2D eigenvalue weighted by atomic mass is 10.1. The van der Waals surface area contributed by atoms with E-state index in [1.165, 1.54) is 12.3 Å². The van der Waals surface area contributed by atoms with E-state index in [-0.39, 0.29) is 5.82 Å². The fraction of sp³-hybridized carbons (Fsp3) is 0. The van der Waals surface area contributed by atoms with Crippen LogP contribution in [0.1, 0.15) is 5.56 Å². The van der Waals surface area contributed by atoms with Crippen LogP contribution >= 0.6 is 0 Å². The molecule has 1 heterocycles. The molecule has 0 saturated carbocycles. The number of anilines is 1. The molecule has 0 spiro atoms. The van der Waals surface area contributed by atoms with Crippen molar-refractivity contribution in [2.45, 2.75) is 0 Å². The summed E-state index contributed by atoms with van der Waals surface area (Å²) >= 11 is 0. The Balaban J connectivity index is 1.69. The molecular formula is C23H17FN4. The summed E-state index contributed by atoms with van der Waals surface area (Å²) in [7, 11) is 0. The topological polar surface area (TPSA) is 50.2 Å². The van der Waals surface area contributed by atoms with Gasteiger partial charge in [0.05, 0.1) is 17.6 Å². The molecule has 0 unspecified atom stereocenters. The monoisotopic (exact) mass is 368 g/mol. The first-order valence-corrected chi connectivity index (χ1v) is 8.83. The Bertz CT molecular complexity index is 1040. The Hall–Kier alpha value is -3.86. The fourth-order valence-electron chi connectivity index (χ4n) is 2.75. The van der Waals surface area contributed by atoms with Crippen molar-refractivity contribution in [2.24, 2.45) is 5.10 Å². The molecule has 0 amide bonds. The van der Waals surface area contributed by atoms with Gasteiger partial charge in [0.1, 0.15) is 5.82 Å². The summed E-state index contributed by atoms with van der Waals surface area (Å²) in [6.45, 7) is 0. The molecule has 136 valence electrons. The minimum Gasteiger partial charge on any atom is -0.245 e. The third kappa shape index (κ3) is 4.10. The van der Waals surface area contributed by atoms with Gasteiger partial charge in [-0.25, -0.2) is 19.8 Å². The predicted octanol–water partition coefficient (Wildman–Crippen LogP) is 5.40. The van der Waals surface area contributed by atoms with Crippen LogP contribution in [0.5, 0.6) is 0 Å². The number of halogens is 1.